The second-order valence-electron chi connectivity index (χ2n) is 4.94. The Morgan fingerprint density at radius 3 is 2.47 bits per heavy atom. The zero-order chi connectivity index (χ0) is 14.6. The maximum Gasteiger partial charge on any atom is 0.159 e. The van der Waals surface area contributed by atoms with Gasteiger partial charge in [0.15, 0.2) is 6.29 Å². The molecule has 0 radical (unpaired) electrons. The Kier molecular flexibility index (Phi) is 5.98. The molecule has 0 aliphatic rings. The van der Waals surface area contributed by atoms with E-state index in [4.69, 9.17) is 9.47 Å². The Morgan fingerprint density at radius 2 is 2.00 bits per heavy atom. The normalized spacial score (nSPS) is 14.9. The fourth-order valence-electron chi connectivity index (χ4n) is 2.09. The zero-order valence-corrected chi connectivity index (χ0v) is 13.8. The fourth-order valence-corrected chi connectivity index (χ4v) is 2.52. The molecule has 0 spiro atoms. The molecule has 0 fully saturated rings. The molecule has 1 unspecified atom stereocenters. The molecular weight excluding hydrogens is 312 g/mol. The molecule has 1 rings (SSSR count). The summed E-state index contributed by atoms with van der Waals surface area (Å²) in [4.78, 5) is 0. The summed E-state index contributed by atoms with van der Waals surface area (Å²) >= 11 is 3.54. The molecule has 19 heavy (non-hydrogen) atoms. The third kappa shape index (κ3) is 4.27. The van der Waals surface area contributed by atoms with E-state index in [0.717, 1.165) is 22.4 Å². The van der Waals surface area contributed by atoms with Crippen LogP contribution < -0.4 is 0 Å². The number of aromatic nitrogens is 2. The predicted molar refractivity (Wildman–Crippen MR) is 77.1 cm³/mol. The summed E-state index contributed by atoms with van der Waals surface area (Å²) < 4.78 is 13.2. The Labute approximate surface area is 123 Å². The van der Waals surface area contributed by atoms with E-state index in [-0.39, 0.29) is 0 Å². The van der Waals surface area contributed by atoms with Gasteiger partial charge in [-0.1, -0.05) is 0 Å². The quantitative estimate of drug-likeness (QED) is 0.777. The van der Waals surface area contributed by atoms with E-state index in [1.54, 1.807) is 21.1 Å². The second-order valence-corrected chi connectivity index (χ2v) is 5.73. The highest BCUT2D eigenvalue weighted by Gasteiger charge is 2.29. The summed E-state index contributed by atoms with van der Waals surface area (Å²) in [5, 5.41) is 15.0. The van der Waals surface area contributed by atoms with Gasteiger partial charge in [-0.3, -0.25) is 4.68 Å². The van der Waals surface area contributed by atoms with Crippen molar-refractivity contribution in [3.8, 4) is 0 Å². The van der Waals surface area contributed by atoms with Gasteiger partial charge >= 0.3 is 0 Å². The SMILES string of the molecule is CCn1nc(C)c(Br)c1CC(C)(O)CC(OC)OC. The first kappa shape index (κ1) is 16.6. The van der Waals surface area contributed by atoms with Crippen molar-refractivity contribution in [1.29, 1.82) is 0 Å². The van der Waals surface area contributed by atoms with Crippen LogP contribution in [0.2, 0.25) is 0 Å². The molecule has 1 N–H and O–H groups in total. The third-order valence-corrected chi connectivity index (χ3v) is 4.16. The molecular formula is C13H23BrN2O3. The molecule has 0 aromatic carbocycles. The molecule has 1 atom stereocenters. The number of halogens is 1. The van der Waals surface area contributed by atoms with Crippen molar-refractivity contribution in [2.45, 2.75) is 52.0 Å². The average molecular weight is 335 g/mol. The van der Waals surface area contributed by atoms with Crippen molar-refractivity contribution in [1.82, 2.24) is 9.78 Å². The van der Waals surface area contributed by atoms with Crippen LogP contribution >= 0.6 is 15.9 Å². The number of hydrogen-bond donors (Lipinski definition) is 1. The van der Waals surface area contributed by atoms with Crippen molar-refractivity contribution >= 4 is 15.9 Å². The number of rotatable bonds is 7. The minimum atomic E-state index is -0.918. The molecule has 0 saturated heterocycles. The average Bonchev–Trinajstić information content (AvgIpc) is 2.63. The fraction of sp³-hybridized carbons (Fsp3) is 0.769. The highest BCUT2D eigenvalue weighted by atomic mass is 79.9. The highest BCUT2D eigenvalue weighted by molar-refractivity contribution is 9.10. The van der Waals surface area contributed by atoms with E-state index in [1.807, 2.05) is 18.5 Å². The van der Waals surface area contributed by atoms with Gasteiger partial charge in [-0.25, -0.2) is 0 Å². The van der Waals surface area contributed by atoms with Gasteiger partial charge in [0.25, 0.3) is 0 Å². The summed E-state index contributed by atoms with van der Waals surface area (Å²) in [5.41, 5.74) is 1.01. The minimum absolute atomic E-state index is 0.403. The maximum absolute atomic E-state index is 10.5. The molecule has 1 heterocycles. The van der Waals surface area contributed by atoms with Crippen LogP contribution in [0.15, 0.2) is 4.47 Å². The lowest BCUT2D eigenvalue weighted by molar-refractivity contribution is -0.140. The zero-order valence-electron chi connectivity index (χ0n) is 12.2. The first-order valence-corrected chi connectivity index (χ1v) is 7.13. The van der Waals surface area contributed by atoms with Crippen molar-refractivity contribution in [2.24, 2.45) is 0 Å². The summed E-state index contributed by atoms with van der Waals surface area (Å²) in [6.45, 7) is 6.54. The summed E-state index contributed by atoms with van der Waals surface area (Å²) in [5.74, 6) is 0. The molecule has 1 aromatic rings. The molecule has 5 nitrogen and oxygen atoms in total. The number of methoxy groups -OCH3 is 2. The number of ether oxygens (including phenoxy) is 2. The standard InChI is InChI=1S/C13H23BrN2O3/c1-6-16-10(12(14)9(2)15-16)7-13(3,17)8-11(18-4)19-5/h11,17H,6-8H2,1-5H3. The van der Waals surface area contributed by atoms with E-state index in [2.05, 4.69) is 21.0 Å². The smallest absolute Gasteiger partial charge is 0.159 e. The summed E-state index contributed by atoms with van der Waals surface area (Å²) in [6, 6.07) is 0. The molecule has 1 aromatic heterocycles. The lowest BCUT2D eigenvalue weighted by Crippen LogP contribution is -2.34. The molecule has 0 amide bonds. The van der Waals surface area contributed by atoms with Crippen molar-refractivity contribution in [3.63, 3.8) is 0 Å². The lowest BCUT2D eigenvalue weighted by Gasteiger charge is -2.27. The van der Waals surface area contributed by atoms with Crippen molar-refractivity contribution in [3.05, 3.63) is 15.9 Å². The number of aliphatic hydroxyl groups is 1. The van der Waals surface area contributed by atoms with Crippen molar-refractivity contribution < 1.29 is 14.6 Å². The van der Waals surface area contributed by atoms with E-state index in [9.17, 15) is 5.11 Å². The minimum Gasteiger partial charge on any atom is -0.390 e. The predicted octanol–water partition coefficient (Wildman–Crippen LogP) is 2.28. The van der Waals surface area contributed by atoms with Gasteiger partial charge in [0, 0.05) is 33.6 Å². The molecule has 0 saturated carbocycles. The topological polar surface area (TPSA) is 56.5 Å². The van der Waals surface area contributed by atoms with Crippen LogP contribution in [0.3, 0.4) is 0 Å². The van der Waals surface area contributed by atoms with Crippen LogP contribution in [0.25, 0.3) is 0 Å². The van der Waals surface area contributed by atoms with Crippen LogP contribution in [0.1, 0.15) is 31.7 Å². The number of aryl methyl sites for hydroxylation is 2. The van der Waals surface area contributed by atoms with Gasteiger partial charge in [-0.15, -0.1) is 0 Å². The summed E-state index contributed by atoms with van der Waals surface area (Å²) in [6.07, 6.45) is 0.485. The Balaban J connectivity index is 2.88. The van der Waals surface area contributed by atoms with Crippen LogP contribution in [-0.2, 0) is 22.4 Å². The first-order chi connectivity index (χ1) is 8.84. The van der Waals surface area contributed by atoms with Gasteiger partial charge in [0.05, 0.1) is 21.5 Å². The monoisotopic (exact) mass is 334 g/mol. The van der Waals surface area contributed by atoms with Gasteiger partial charge in [-0.2, -0.15) is 5.10 Å². The molecule has 6 heteroatoms. The first-order valence-electron chi connectivity index (χ1n) is 6.34. The van der Waals surface area contributed by atoms with Gasteiger partial charge < -0.3 is 14.6 Å². The Hall–Kier alpha value is -0.430. The molecule has 110 valence electrons. The summed E-state index contributed by atoms with van der Waals surface area (Å²) in [7, 11) is 3.14. The van der Waals surface area contributed by atoms with E-state index in [1.165, 1.54) is 0 Å². The largest absolute Gasteiger partial charge is 0.390 e. The maximum atomic E-state index is 10.5. The van der Waals surface area contributed by atoms with E-state index in [0.29, 0.717) is 12.8 Å². The Morgan fingerprint density at radius 1 is 1.42 bits per heavy atom. The van der Waals surface area contributed by atoms with Crippen molar-refractivity contribution in [2.75, 3.05) is 14.2 Å². The number of nitrogens with zero attached hydrogens (tertiary/aromatic N) is 2. The Bertz CT molecular complexity index is 414. The molecule has 0 aliphatic heterocycles. The lowest BCUT2D eigenvalue weighted by atomic mass is 9.95. The van der Waals surface area contributed by atoms with Crippen LogP contribution in [0, 0.1) is 6.92 Å². The highest BCUT2D eigenvalue weighted by Crippen LogP contribution is 2.27. The molecule has 0 bridgehead atoms. The van der Waals surface area contributed by atoms with Gasteiger partial charge in [0.2, 0.25) is 0 Å². The van der Waals surface area contributed by atoms with Crippen LogP contribution in [0.4, 0.5) is 0 Å². The van der Waals surface area contributed by atoms with Crippen LogP contribution in [-0.4, -0.2) is 41.0 Å². The number of hydrogen-bond acceptors (Lipinski definition) is 4. The van der Waals surface area contributed by atoms with Gasteiger partial charge in [0.1, 0.15) is 0 Å². The van der Waals surface area contributed by atoms with E-state index >= 15 is 0 Å². The van der Waals surface area contributed by atoms with Crippen LogP contribution in [0.5, 0.6) is 0 Å². The third-order valence-electron chi connectivity index (χ3n) is 3.13. The molecule has 0 aliphatic carbocycles. The van der Waals surface area contributed by atoms with E-state index < -0.39 is 11.9 Å². The second kappa shape index (κ2) is 6.83. The van der Waals surface area contributed by atoms with Gasteiger partial charge in [-0.05, 0) is 36.7 Å².